The molecule has 0 aromatic rings. The minimum atomic E-state index is -1.11. The van der Waals surface area contributed by atoms with Crippen LogP contribution in [-0.4, -0.2) is 60.2 Å². The van der Waals surface area contributed by atoms with E-state index in [2.05, 4.69) is 26.8 Å². The van der Waals surface area contributed by atoms with Crippen molar-refractivity contribution in [1.82, 2.24) is 0 Å². The van der Waals surface area contributed by atoms with Crippen LogP contribution >= 0.6 is 0 Å². The molecular formula is C36H54NO4+. The Balaban J connectivity index is 1.23. The summed E-state index contributed by atoms with van der Waals surface area (Å²) in [6.45, 7) is 11.8. The molecule has 4 unspecified atom stereocenters. The molecule has 5 nitrogen and oxygen atoms in total. The molecule has 5 aliphatic carbocycles. The van der Waals surface area contributed by atoms with Crippen molar-refractivity contribution in [3.63, 3.8) is 0 Å². The second-order valence-electron chi connectivity index (χ2n) is 17.0. The number of carboxylic acid groups (broad SMARTS) is 1. The summed E-state index contributed by atoms with van der Waals surface area (Å²) in [7, 11) is 0. The van der Waals surface area contributed by atoms with Crippen LogP contribution in [0.2, 0.25) is 0 Å². The van der Waals surface area contributed by atoms with Crippen LogP contribution in [0.1, 0.15) is 97.8 Å². The van der Waals surface area contributed by atoms with Gasteiger partial charge in [-0.05, 0) is 73.5 Å². The Bertz CT molecular complexity index is 1130. The summed E-state index contributed by atoms with van der Waals surface area (Å²) in [5.74, 6) is 2.99. The van der Waals surface area contributed by atoms with Gasteiger partial charge < -0.3 is 19.1 Å². The summed E-state index contributed by atoms with van der Waals surface area (Å²) < 4.78 is 8.73. The number of quaternary nitrogens is 1. The Kier molecular flexibility index (Phi) is 6.11. The first-order chi connectivity index (χ1) is 19.7. The highest BCUT2D eigenvalue weighted by Crippen LogP contribution is 2.84. The fourth-order valence-corrected chi connectivity index (χ4v) is 13.8. The first-order valence-electron chi connectivity index (χ1n) is 17.6. The molecular weight excluding hydrogens is 510 g/mol. The van der Waals surface area contributed by atoms with Crippen LogP contribution in [0.25, 0.3) is 0 Å². The summed E-state index contributed by atoms with van der Waals surface area (Å²) >= 11 is 0. The largest absolute Gasteiger partial charge is 0.481 e. The maximum Gasteiger partial charge on any atom is 0.315 e. The molecule has 7 fully saturated rings. The second kappa shape index (κ2) is 9.16. The lowest BCUT2D eigenvalue weighted by atomic mass is 9.41. The van der Waals surface area contributed by atoms with E-state index in [9.17, 15) is 14.7 Å². The second-order valence-corrected chi connectivity index (χ2v) is 17.0. The number of carbonyl (C=O) groups is 2. The maximum atomic E-state index is 14.1. The van der Waals surface area contributed by atoms with Crippen LogP contribution in [0.4, 0.5) is 0 Å². The zero-order valence-electron chi connectivity index (χ0n) is 25.9. The van der Waals surface area contributed by atoms with E-state index >= 15 is 0 Å². The Hall–Kier alpha value is -1.20. The lowest BCUT2D eigenvalue weighted by Crippen LogP contribution is -2.65. The van der Waals surface area contributed by atoms with Gasteiger partial charge in [-0.2, -0.15) is 0 Å². The molecule has 1 N–H and O–H groups in total. The Morgan fingerprint density at radius 3 is 2.51 bits per heavy atom. The number of aliphatic carboxylic acids is 1. The average molecular weight is 565 g/mol. The molecule has 0 aromatic carbocycles. The highest BCUT2D eigenvalue weighted by molar-refractivity contribution is 5.90. The zero-order valence-corrected chi connectivity index (χ0v) is 25.9. The quantitative estimate of drug-likeness (QED) is 0.208. The normalized spacial score (nSPS) is 53.4. The monoisotopic (exact) mass is 564 g/mol. The van der Waals surface area contributed by atoms with Gasteiger partial charge >= 0.3 is 5.97 Å². The number of fused-ring (bicyclic) bond motifs is 4. The minimum Gasteiger partial charge on any atom is -0.481 e. The molecule has 0 aromatic heterocycles. The van der Waals surface area contributed by atoms with Gasteiger partial charge in [-0.1, -0.05) is 64.5 Å². The summed E-state index contributed by atoms with van der Waals surface area (Å²) in [5, 5.41) is 11.5. The van der Waals surface area contributed by atoms with Crippen molar-refractivity contribution in [3.8, 4) is 0 Å². The van der Waals surface area contributed by atoms with Gasteiger partial charge in [0.1, 0.15) is 24.3 Å². The molecule has 0 amide bonds. The molecule has 3 aliphatic heterocycles. The number of allylic oxidation sites excluding steroid dienone is 1. The van der Waals surface area contributed by atoms with Gasteiger partial charge in [0.25, 0.3) is 0 Å². The van der Waals surface area contributed by atoms with Crippen molar-refractivity contribution < 1.29 is 23.9 Å². The molecule has 3 saturated heterocycles. The van der Waals surface area contributed by atoms with E-state index in [0.717, 1.165) is 56.1 Å². The molecule has 8 rings (SSSR count). The third-order valence-electron chi connectivity index (χ3n) is 15.3. The van der Waals surface area contributed by atoms with E-state index in [1.807, 2.05) is 0 Å². The van der Waals surface area contributed by atoms with Gasteiger partial charge in [-0.15, -0.1) is 0 Å². The third kappa shape index (κ3) is 3.32. The molecule has 5 heteroatoms. The molecule has 3 heterocycles. The SMILES string of the molecule is CC(C)C1=CC2CC3(C=O)[C@@H]4CC[C@@H](C)[C@H]4C[C@@]2(C2CC(CC4CCCC4)[C@H](C[N+]45CCC(CC4)C5)O2)[C@]13C(=O)O. The number of hydrogen-bond acceptors (Lipinski definition) is 3. The predicted molar refractivity (Wildman–Crippen MR) is 158 cm³/mol. The van der Waals surface area contributed by atoms with Crippen LogP contribution in [0.3, 0.4) is 0 Å². The van der Waals surface area contributed by atoms with Crippen LogP contribution in [0.15, 0.2) is 11.6 Å². The number of carboxylic acids is 1. The van der Waals surface area contributed by atoms with Crippen LogP contribution in [-0.2, 0) is 14.3 Å². The Labute approximate surface area is 247 Å². The topological polar surface area (TPSA) is 63.6 Å². The third-order valence-corrected chi connectivity index (χ3v) is 15.3. The summed E-state index contributed by atoms with van der Waals surface area (Å²) in [6.07, 6.45) is 18.0. The number of carbonyl (C=O) groups excluding carboxylic acids is 1. The maximum absolute atomic E-state index is 14.1. The molecule has 226 valence electrons. The first-order valence-corrected chi connectivity index (χ1v) is 17.6. The Morgan fingerprint density at radius 2 is 1.88 bits per heavy atom. The van der Waals surface area contributed by atoms with E-state index in [1.54, 1.807) is 0 Å². The van der Waals surface area contributed by atoms with Crippen molar-refractivity contribution in [2.75, 3.05) is 26.2 Å². The van der Waals surface area contributed by atoms with Crippen LogP contribution in [0, 0.1) is 63.6 Å². The van der Waals surface area contributed by atoms with E-state index in [-0.39, 0.29) is 30.0 Å². The minimum absolute atomic E-state index is 0.0534. The standard InChI is InChI=1S/C36H53NO4/c1-22(2)30-16-27-17-34(21-38)29-9-8-23(3)28(29)18-35(27,36(30,34)33(39)40)32-15-26(14-24-6-4-5-7-24)31(41-32)20-37-12-10-25(19-37)11-13-37/h16,21-29,31-32H,4-15,17-20H2,1-3H3/p+1/t23-,25?,26?,27?,28-,29-,31+,32?,34?,35-,36+,37?/m1/s1. The number of nitrogens with zero attached hydrogens (tertiary/aromatic N) is 1. The zero-order chi connectivity index (χ0) is 28.4. The van der Waals surface area contributed by atoms with Gasteiger partial charge in [-0.3, -0.25) is 4.79 Å². The predicted octanol–water partition coefficient (Wildman–Crippen LogP) is 6.51. The van der Waals surface area contributed by atoms with E-state index in [4.69, 9.17) is 4.74 Å². The summed E-state index contributed by atoms with van der Waals surface area (Å²) in [4.78, 5) is 27.6. The van der Waals surface area contributed by atoms with Gasteiger partial charge in [0.15, 0.2) is 0 Å². The summed E-state index contributed by atoms with van der Waals surface area (Å²) in [6, 6.07) is 0. The van der Waals surface area contributed by atoms with Crippen molar-refractivity contribution in [2.24, 2.45) is 63.6 Å². The molecule has 6 bridgehead atoms. The highest BCUT2D eigenvalue weighted by atomic mass is 16.5. The molecule has 8 aliphatic rings. The van der Waals surface area contributed by atoms with Crippen molar-refractivity contribution in [3.05, 3.63) is 11.6 Å². The molecule has 0 spiro atoms. The smallest absolute Gasteiger partial charge is 0.315 e. The fourth-order valence-electron chi connectivity index (χ4n) is 13.8. The molecule has 4 saturated carbocycles. The fraction of sp³-hybridized carbons (Fsp3) is 0.889. The van der Waals surface area contributed by atoms with Gasteiger partial charge in [0.2, 0.25) is 0 Å². The van der Waals surface area contributed by atoms with E-state index < -0.39 is 22.2 Å². The number of aldehydes is 1. The summed E-state index contributed by atoms with van der Waals surface area (Å²) in [5.41, 5.74) is -1.32. The van der Waals surface area contributed by atoms with Gasteiger partial charge in [-0.25, -0.2) is 0 Å². The van der Waals surface area contributed by atoms with Crippen molar-refractivity contribution in [1.29, 1.82) is 0 Å². The number of rotatable bonds is 8. The number of piperidine rings is 1. The van der Waals surface area contributed by atoms with Gasteiger partial charge in [0.05, 0.1) is 31.2 Å². The van der Waals surface area contributed by atoms with Crippen LogP contribution < -0.4 is 0 Å². The lowest BCUT2D eigenvalue weighted by Gasteiger charge is -2.60. The van der Waals surface area contributed by atoms with Crippen LogP contribution in [0.5, 0.6) is 0 Å². The van der Waals surface area contributed by atoms with Crippen molar-refractivity contribution in [2.45, 2.75) is 110 Å². The number of hydrogen-bond donors (Lipinski definition) is 1. The first kappa shape index (κ1) is 27.4. The molecule has 41 heavy (non-hydrogen) atoms. The Morgan fingerprint density at radius 1 is 1.12 bits per heavy atom. The number of ether oxygens (including phenoxy) is 1. The van der Waals surface area contributed by atoms with E-state index in [1.165, 1.54) is 75.3 Å². The molecule has 0 radical (unpaired) electrons. The highest BCUT2D eigenvalue weighted by Gasteiger charge is 2.86. The van der Waals surface area contributed by atoms with E-state index in [0.29, 0.717) is 17.8 Å². The van der Waals surface area contributed by atoms with Crippen molar-refractivity contribution >= 4 is 12.3 Å². The average Bonchev–Trinajstić information content (AvgIpc) is 3.80. The van der Waals surface area contributed by atoms with Gasteiger partial charge in [0, 0.05) is 24.2 Å². The molecule has 10 atom stereocenters. The lowest BCUT2D eigenvalue weighted by molar-refractivity contribution is -0.912.